The van der Waals surface area contributed by atoms with Crippen molar-refractivity contribution in [1.82, 2.24) is 25.3 Å². The van der Waals surface area contributed by atoms with Gasteiger partial charge in [-0.1, -0.05) is 6.92 Å². The SMILES string of the molecule is CCCNC(=O)CN(C)c1nc(Cl)nc2nc[nH]c12. The summed E-state index contributed by atoms with van der Waals surface area (Å²) in [6.45, 7) is 2.86. The summed E-state index contributed by atoms with van der Waals surface area (Å²) in [7, 11) is 1.77. The van der Waals surface area contributed by atoms with Gasteiger partial charge in [-0.15, -0.1) is 0 Å². The van der Waals surface area contributed by atoms with Crippen molar-refractivity contribution in [1.29, 1.82) is 0 Å². The molecule has 0 fully saturated rings. The Kier molecular flexibility index (Phi) is 4.16. The maximum Gasteiger partial charge on any atom is 0.239 e. The molecule has 2 heterocycles. The van der Waals surface area contributed by atoms with Gasteiger partial charge in [-0.05, 0) is 18.0 Å². The Morgan fingerprint density at radius 2 is 2.32 bits per heavy atom. The third kappa shape index (κ3) is 3.11. The van der Waals surface area contributed by atoms with Crippen LogP contribution in [-0.4, -0.2) is 46.0 Å². The minimum Gasteiger partial charge on any atom is -0.355 e. The number of hydrogen-bond donors (Lipinski definition) is 2. The van der Waals surface area contributed by atoms with Gasteiger partial charge in [0.05, 0.1) is 12.9 Å². The number of hydrogen-bond acceptors (Lipinski definition) is 5. The molecule has 0 radical (unpaired) electrons. The van der Waals surface area contributed by atoms with E-state index in [-0.39, 0.29) is 17.7 Å². The highest BCUT2D eigenvalue weighted by Crippen LogP contribution is 2.21. The molecule has 2 rings (SSSR count). The van der Waals surface area contributed by atoms with E-state index in [1.165, 1.54) is 6.33 Å². The molecular weight excluding hydrogens is 268 g/mol. The van der Waals surface area contributed by atoms with Gasteiger partial charge in [0.2, 0.25) is 11.2 Å². The summed E-state index contributed by atoms with van der Waals surface area (Å²) in [5, 5.41) is 2.91. The average molecular weight is 283 g/mol. The van der Waals surface area contributed by atoms with Crippen LogP contribution in [0.4, 0.5) is 5.82 Å². The van der Waals surface area contributed by atoms with E-state index in [1.807, 2.05) is 6.92 Å². The highest BCUT2D eigenvalue weighted by atomic mass is 35.5. The Morgan fingerprint density at radius 3 is 3.05 bits per heavy atom. The van der Waals surface area contributed by atoms with Crippen molar-refractivity contribution in [3.8, 4) is 0 Å². The molecule has 2 aromatic rings. The first-order chi connectivity index (χ1) is 9.11. The second-order valence-corrected chi connectivity index (χ2v) is 4.46. The number of rotatable bonds is 5. The molecule has 8 heteroatoms. The van der Waals surface area contributed by atoms with Crippen LogP contribution in [0.15, 0.2) is 6.33 Å². The van der Waals surface area contributed by atoms with Crippen LogP contribution >= 0.6 is 11.6 Å². The molecule has 0 unspecified atom stereocenters. The molecule has 102 valence electrons. The van der Waals surface area contributed by atoms with Gasteiger partial charge in [-0.2, -0.15) is 9.97 Å². The van der Waals surface area contributed by atoms with E-state index < -0.39 is 0 Å². The predicted molar refractivity (Wildman–Crippen MR) is 73.3 cm³/mol. The third-order valence-corrected chi connectivity index (χ3v) is 2.72. The molecule has 1 amide bonds. The molecule has 7 nitrogen and oxygen atoms in total. The molecule has 0 bridgehead atoms. The van der Waals surface area contributed by atoms with E-state index in [2.05, 4.69) is 25.3 Å². The monoisotopic (exact) mass is 282 g/mol. The Morgan fingerprint density at radius 1 is 1.53 bits per heavy atom. The van der Waals surface area contributed by atoms with Crippen molar-refractivity contribution in [3.63, 3.8) is 0 Å². The normalized spacial score (nSPS) is 10.7. The van der Waals surface area contributed by atoms with Crippen molar-refractivity contribution >= 4 is 34.5 Å². The van der Waals surface area contributed by atoms with Crippen molar-refractivity contribution in [3.05, 3.63) is 11.6 Å². The first-order valence-corrected chi connectivity index (χ1v) is 6.34. The Labute approximate surface area is 115 Å². The average Bonchev–Trinajstić information content (AvgIpc) is 2.83. The summed E-state index contributed by atoms with van der Waals surface area (Å²) in [6, 6.07) is 0. The first-order valence-electron chi connectivity index (χ1n) is 5.96. The lowest BCUT2D eigenvalue weighted by atomic mass is 10.4. The van der Waals surface area contributed by atoms with E-state index in [4.69, 9.17) is 11.6 Å². The molecule has 0 atom stereocenters. The van der Waals surface area contributed by atoms with Crippen LogP contribution in [0.25, 0.3) is 11.2 Å². The maximum absolute atomic E-state index is 11.7. The molecule has 0 aliphatic rings. The number of carbonyl (C=O) groups is 1. The first kappa shape index (κ1) is 13.5. The summed E-state index contributed by atoms with van der Waals surface area (Å²) in [4.78, 5) is 28.5. The molecule has 0 aliphatic heterocycles. The van der Waals surface area contributed by atoms with Crippen molar-refractivity contribution < 1.29 is 4.79 Å². The van der Waals surface area contributed by atoms with Gasteiger partial charge in [0.1, 0.15) is 5.52 Å². The van der Waals surface area contributed by atoms with Crippen LogP contribution in [0, 0.1) is 0 Å². The van der Waals surface area contributed by atoms with Gasteiger partial charge in [0.25, 0.3) is 0 Å². The smallest absolute Gasteiger partial charge is 0.239 e. The van der Waals surface area contributed by atoms with Crippen LogP contribution in [0.5, 0.6) is 0 Å². The quantitative estimate of drug-likeness (QED) is 0.798. The fraction of sp³-hybridized carbons (Fsp3) is 0.455. The third-order valence-electron chi connectivity index (χ3n) is 2.55. The minimum absolute atomic E-state index is 0.0632. The number of nitrogens with one attached hydrogen (secondary N) is 2. The molecular formula is C11H15ClN6O. The van der Waals surface area contributed by atoms with E-state index in [0.29, 0.717) is 23.5 Å². The molecule has 0 saturated carbocycles. The zero-order chi connectivity index (χ0) is 13.8. The minimum atomic E-state index is -0.0632. The summed E-state index contributed by atoms with van der Waals surface area (Å²) in [5.74, 6) is 0.492. The lowest BCUT2D eigenvalue weighted by Gasteiger charge is -2.17. The summed E-state index contributed by atoms with van der Waals surface area (Å²) < 4.78 is 0. The fourth-order valence-corrected chi connectivity index (χ4v) is 1.84. The number of carbonyl (C=O) groups excluding carboxylic acids is 1. The van der Waals surface area contributed by atoms with Crippen LogP contribution in [0.2, 0.25) is 5.28 Å². The van der Waals surface area contributed by atoms with E-state index in [0.717, 1.165) is 6.42 Å². The molecule has 0 spiro atoms. The zero-order valence-corrected chi connectivity index (χ0v) is 11.5. The number of anilines is 1. The molecule has 0 aliphatic carbocycles. The van der Waals surface area contributed by atoms with Gasteiger partial charge in [-0.25, -0.2) is 4.98 Å². The van der Waals surface area contributed by atoms with Gasteiger partial charge < -0.3 is 15.2 Å². The van der Waals surface area contributed by atoms with Crippen LogP contribution in [-0.2, 0) is 4.79 Å². The summed E-state index contributed by atoms with van der Waals surface area (Å²) >= 11 is 5.84. The molecule has 2 aromatic heterocycles. The van der Waals surface area contributed by atoms with Crippen LogP contribution in [0.3, 0.4) is 0 Å². The van der Waals surface area contributed by atoms with Gasteiger partial charge >= 0.3 is 0 Å². The lowest BCUT2D eigenvalue weighted by molar-refractivity contribution is -0.119. The van der Waals surface area contributed by atoms with Crippen molar-refractivity contribution in [2.45, 2.75) is 13.3 Å². The van der Waals surface area contributed by atoms with Gasteiger partial charge in [-0.3, -0.25) is 4.79 Å². The second kappa shape index (κ2) is 5.83. The number of nitrogens with zero attached hydrogens (tertiary/aromatic N) is 4. The van der Waals surface area contributed by atoms with E-state index >= 15 is 0 Å². The number of aromatic nitrogens is 4. The number of halogens is 1. The van der Waals surface area contributed by atoms with Gasteiger partial charge in [0.15, 0.2) is 11.5 Å². The van der Waals surface area contributed by atoms with Crippen molar-refractivity contribution in [2.75, 3.05) is 25.0 Å². The lowest BCUT2D eigenvalue weighted by Crippen LogP contribution is -2.36. The second-order valence-electron chi connectivity index (χ2n) is 4.12. The molecule has 19 heavy (non-hydrogen) atoms. The largest absolute Gasteiger partial charge is 0.355 e. The number of H-pyrrole nitrogens is 1. The summed E-state index contributed by atoms with van der Waals surface area (Å²) in [5.41, 5.74) is 1.14. The highest BCUT2D eigenvalue weighted by Gasteiger charge is 2.15. The predicted octanol–water partition coefficient (Wildman–Crippen LogP) is 0.969. The fourth-order valence-electron chi connectivity index (χ4n) is 1.68. The number of amides is 1. The van der Waals surface area contributed by atoms with E-state index in [9.17, 15) is 4.79 Å². The summed E-state index contributed by atoms with van der Waals surface area (Å²) in [6.07, 6.45) is 2.42. The number of aromatic amines is 1. The van der Waals surface area contributed by atoms with E-state index in [1.54, 1.807) is 11.9 Å². The van der Waals surface area contributed by atoms with Crippen molar-refractivity contribution in [2.24, 2.45) is 0 Å². The Hall–Kier alpha value is -1.89. The van der Waals surface area contributed by atoms with Crippen LogP contribution in [0.1, 0.15) is 13.3 Å². The maximum atomic E-state index is 11.7. The van der Waals surface area contributed by atoms with Crippen LogP contribution < -0.4 is 10.2 Å². The number of likely N-dealkylation sites (N-methyl/N-ethyl adjacent to an activating group) is 1. The highest BCUT2D eigenvalue weighted by molar-refractivity contribution is 6.28. The van der Waals surface area contributed by atoms with Gasteiger partial charge in [0, 0.05) is 13.6 Å². The number of fused-ring (bicyclic) bond motifs is 1. The number of imidazole rings is 1. The Bertz CT molecular complexity index is 584. The standard InChI is InChI=1S/C11H15ClN6O/c1-3-4-13-7(19)5-18(2)10-8-9(15-6-14-8)16-11(12)17-10/h6H,3-5H2,1-2H3,(H,13,19)(H,14,15,16,17). The molecule has 0 saturated heterocycles. The molecule has 0 aromatic carbocycles. The topological polar surface area (TPSA) is 86.8 Å². The zero-order valence-electron chi connectivity index (χ0n) is 10.8. The molecule has 2 N–H and O–H groups in total. The Balaban J connectivity index is 2.18.